The molecule has 0 saturated carbocycles. The number of ketones is 1. The number of fused-ring (bicyclic) bond motifs is 1. The number of nitrogens with zero attached hydrogens (tertiary/aromatic N) is 1. The molecule has 3 nitrogen and oxygen atoms in total. The Balaban J connectivity index is 2.01. The summed E-state index contributed by atoms with van der Waals surface area (Å²) in [7, 11) is 0. The summed E-state index contributed by atoms with van der Waals surface area (Å²) in [4.78, 5) is 26.6. The van der Waals surface area contributed by atoms with E-state index < -0.39 is 0 Å². The van der Waals surface area contributed by atoms with Gasteiger partial charge in [0.2, 0.25) is 0 Å². The Morgan fingerprint density at radius 2 is 1.76 bits per heavy atom. The van der Waals surface area contributed by atoms with Crippen molar-refractivity contribution in [3.63, 3.8) is 0 Å². The van der Waals surface area contributed by atoms with Crippen molar-refractivity contribution in [1.29, 1.82) is 0 Å². The SMILES string of the molecule is O=C1CCCN(C(=O)c2ccc(Br)cc2)c2ccccc21. The van der Waals surface area contributed by atoms with Crippen LogP contribution >= 0.6 is 15.9 Å². The van der Waals surface area contributed by atoms with Crippen LogP contribution in [0, 0.1) is 0 Å². The molecule has 4 heteroatoms. The third-order valence-electron chi connectivity index (χ3n) is 3.62. The summed E-state index contributed by atoms with van der Waals surface area (Å²) >= 11 is 3.37. The highest BCUT2D eigenvalue weighted by Crippen LogP contribution is 2.27. The van der Waals surface area contributed by atoms with Gasteiger partial charge in [0, 0.05) is 28.6 Å². The zero-order valence-electron chi connectivity index (χ0n) is 11.4. The molecule has 1 aliphatic heterocycles. The molecule has 0 radical (unpaired) electrons. The van der Waals surface area contributed by atoms with E-state index in [9.17, 15) is 9.59 Å². The summed E-state index contributed by atoms with van der Waals surface area (Å²) in [5.74, 6) is 0.0429. The van der Waals surface area contributed by atoms with E-state index >= 15 is 0 Å². The van der Waals surface area contributed by atoms with E-state index in [0.717, 1.165) is 4.47 Å². The minimum absolute atomic E-state index is 0.0651. The van der Waals surface area contributed by atoms with Gasteiger partial charge in [0.05, 0.1) is 5.69 Å². The van der Waals surface area contributed by atoms with Gasteiger partial charge in [-0.15, -0.1) is 0 Å². The van der Waals surface area contributed by atoms with Crippen molar-refractivity contribution in [2.45, 2.75) is 12.8 Å². The van der Waals surface area contributed by atoms with Crippen molar-refractivity contribution >= 4 is 33.3 Å². The van der Waals surface area contributed by atoms with Crippen LogP contribution in [0.4, 0.5) is 5.69 Å². The van der Waals surface area contributed by atoms with Gasteiger partial charge >= 0.3 is 0 Å². The summed E-state index contributed by atoms with van der Waals surface area (Å²) in [6, 6.07) is 14.6. The third kappa shape index (κ3) is 2.76. The topological polar surface area (TPSA) is 37.4 Å². The van der Waals surface area contributed by atoms with Crippen molar-refractivity contribution in [3.05, 3.63) is 64.1 Å². The smallest absolute Gasteiger partial charge is 0.258 e. The molecule has 3 rings (SSSR count). The summed E-state index contributed by atoms with van der Waals surface area (Å²) < 4.78 is 0.936. The number of benzene rings is 2. The molecule has 2 aromatic carbocycles. The van der Waals surface area contributed by atoms with E-state index in [-0.39, 0.29) is 11.7 Å². The highest BCUT2D eigenvalue weighted by molar-refractivity contribution is 9.10. The van der Waals surface area contributed by atoms with Gasteiger partial charge in [-0.05, 0) is 42.8 Å². The highest BCUT2D eigenvalue weighted by Gasteiger charge is 2.25. The van der Waals surface area contributed by atoms with Crippen LogP contribution in [0.25, 0.3) is 0 Å². The molecule has 0 atom stereocenters. The van der Waals surface area contributed by atoms with Gasteiger partial charge in [-0.25, -0.2) is 0 Å². The molecule has 0 spiro atoms. The molecule has 21 heavy (non-hydrogen) atoms. The maximum Gasteiger partial charge on any atom is 0.258 e. The Labute approximate surface area is 131 Å². The molecule has 0 fully saturated rings. The standard InChI is InChI=1S/C17H14BrNO2/c18-13-9-7-12(8-10-13)17(21)19-11-3-6-16(20)14-4-1-2-5-15(14)19/h1-2,4-5,7-10H,3,6,11H2. The van der Waals surface area contributed by atoms with Crippen LogP contribution in [-0.2, 0) is 0 Å². The average molecular weight is 344 g/mol. The van der Waals surface area contributed by atoms with E-state index in [4.69, 9.17) is 0 Å². The van der Waals surface area contributed by atoms with Crippen LogP contribution in [0.1, 0.15) is 33.6 Å². The van der Waals surface area contributed by atoms with E-state index in [1.165, 1.54) is 0 Å². The Kier molecular flexibility index (Phi) is 3.88. The third-order valence-corrected chi connectivity index (χ3v) is 4.15. The minimum Gasteiger partial charge on any atom is -0.308 e. The second kappa shape index (κ2) is 5.82. The van der Waals surface area contributed by atoms with Gasteiger partial charge in [-0.2, -0.15) is 0 Å². The number of hydrogen-bond donors (Lipinski definition) is 0. The highest BCUT2D eigenvalue weighted by atomic mass is 79.9. The maximum absolute atomic E-state index is 12.7. The Morgan fingerprint density at radius 1 is 1.05 bits per heavy atom. The number of amides is 1. The zero-order valence-corrected chi connectivity index (χ0v) is 13.0. The van der Waals surface area contributed by atoms with Crippen LogP contribution in [0.5, 0.6) is 0 Å². The molecule has 0 bridgehead atoms. The summed E-state index contributed by atoms with van der Waals surface area (Å²) in [5.41, 5.74) is 1.98. The molecule has 106 valence electrons. The van der Waals surface area contributed by atoms with Gasteiger partial charge in [-0.1, -0.05) is 28.1 Å². The number of rotatable bonds is 1. The second-order valence-corrected chi connectivity index (χ2v) is 5.92. The normalized spacial score (nSPS) is 14.5. The lowest BCUT2D eigenvalue weighted by atomic mass is 10.1. The van der Waals surface area contributed by atoms with Crippen LogP contribution in [0.15, 0.2) is 53.0 Å². The number of Topliss-reactive ketones (excluding diaryl/α,β-unsaturated/α-hetero) is 1. The Bertz CT molecular complexity index is 694. The number of carbonyl (C=O) groups is 2. The van der Waals surface area contributed by atoms with Crippen molar-refractivity contribution in [2.75, 3.05) is 11.4 Å². The first-order chi connectivity index (χ1) is 10.2. The van der Waals surface area contributed by atoms with Gasteiger partial charge in [0.25, 0.3) is 5.91 Å². The number of hydrogen-bond acceptors (Lipinski definition) is 2. The number of halogens is 1. The molecular weight excluding hydrogens is 330 g/mol. The molecule has 0 aliphatic carbocycles. The first-order valence-corrected chi connectivity index (χ1v) is 7.66. The Hall–Kier alpha value is -1.94. The maximum atomic E-state index is 12.7. The van der Waals surface area contributed by atoms with E-state index in [0.29, 0.717) is 36.2 Å². The monoisotopic (exact) mass is 343 g/mol. The molecule has 0 unspecified atom stereocenters. The predicted octanol–water partition coefficient (Wildman–Crippen LogP) is 4.07. The fourth-order valence-corrected chi connectivity index (χ4v) is 2.82. The van der Waals surface area contributed by atoms with Gasteiger partial charge in [0.15, 0.2) is 5.78 Å². The van der Waals surface area contributed by atoms with Crippen molar-refractivity contribution < 1.29 is 9.59 Å². The van der Waals surface area contributed by atoms with Crippen LogP contribution < -0.4 is 4.90 Å². The Morgan fingerprint density at radius 3 is 2.52 bits per heavy atom. The average Bonchev–Trinajstić information content (AvgIpc) is 2.67. The molecular formula is C17H14BrNO2. The molecule has 1 heterocycles. The largest absolute Gasteiger partial charge is 0.308 e. The fraction of sp³-hybridized carbons (Fsp3) is 0.176. The second-order valence-electron chi connectivity index (χ2n) is 5.01. The van der Waals surface area contributed by atoms with Crippen molar-refractivity contribution in [3.8, 4) is 0 Å². The lowest BCUT2D eigenvalue weighted by Gasteiger charge is -2.22. The van der Waals surface area contributed by atoms with Gasteiger partial charge in [-0.3, -0.25) is 9.59 Å². The minimum atomic E-state index is -0.0651. The predicted molar refractivity (Wildman–Crippen MR) is 85.8 cm³/mol. The van der Waals surface area contributed by atoms with Gasteiger partial charge < -0.3 is 4.90 Å². The number of para-hydroxylation sites is 1. The molecule has 0 N–H and O–H groups in total. The molecule has 2 aromatic rings. The van der Waals surface area contributed by atoms with Crippen molar-refractivity contribution in [2.24, 2.45) is 0 Å². The summed E-state index contributed by atoms with van der Waals surface area (Å²) in [5, 5.41) is 0. The fourth-order valence-electron chi connectivity index (χ4n) is 2.56. The lowest BCUT2D eigenvalue weighted by molar-refractivity contribution is 0.0974. The summed E-state index contributed by atoms with van der Waals surface area (Å²) in [6.07, 6.45) is 1.18. The quantitative estimate of drug-likeness (QED) is 0.782. The van der Waals surface area contributed by atoms with Crippen LogP contribution in [-0.4, -0.2) is 18.2 Å². The lowest BCUT2D eigenvalue weighted by Crippen LogP contribution is -2.31. The number of anilines is 1. The van der Waals surface area contributed by atoms with E-state index in [1.54, 1.807) is 23.1 Å². The van der Waals surface area contributed by atoms with Crippen LogP contribution in [0.3, 0.4) is 0 Å². The van der Waals surface area contributed by atoms with Gasteiger partial charge in [0.1, 0.15) is 0 Å². The first-order valence-electron chi connectivity index (χ1n) is 6.86. The van der Waals surface area contributed by atoms with Crippen LogP contribution in [0.2, 0.25) is 0 Å². The first kappa shape index (κ1) is 14.0. The molecule has 1 aliphatic rings. The van der Waals surface area contributed by atoms with Crippen molar-refractivity contribution in [1.82, 2.24) is 0 Å². The number of carbonyl (C=O) groups excluding carboxylic acids is 2. The van der Waals surface area contributed by atoms with E-state index in [1.807, 2.05) is 30.3 Å². The summed E-state index contributed by atoms with van der Waals surface area (Å²) in [6.45, 7) is 0.567. The van der Waals surface area contributed by atoms with E-state index in [2.05, 4.69) is 15.9 Å². The molecule has 0 saturated heterocycles. The molecule has 0 aromatic heterocycles. The molecule has 1 amide bonds. The zero-order chi connectivity index (χ0) is 14.8.